The summed E-state index contributed by atoms with van der Waals surface area (Å²) in [5, 5.41) is 0.855. The summed E-state index contributed by atoms with van der Waals surface area (Å²) < 4.78 is 27.0. The molecular formula is C17H27BrO5. The lowest BCUT2D eigenvalue weighted by Gasteiger charge is -2.07. The number of hydrogen-bond acceptors (Lipinski definition) is 5. The average Bonchev–Trinajstić information content (AvgIpc) is 2.59. The second kappa shape index (κ2) is 16.4. The van der Waals surface area contributed by atoms with Gasteiger partial charge in [0.15, 0.2) is 0 Å². The first kappa shape index (κ1) is 20.5. The van der Waals surface area contributed by atoms with Crippen LogP contribution in [0.25, 0.3) is 0 Å². The molecule has 0 aliphatic heterocycles. The van der Waals surface area contributed by atoms with Crippen molar-refractivity contribution in [3.63, 3.8) is 0 Å². The second-order valence-corrected chi connectivity index (χ2v) is 5.47. The summed E-state index contributed by atoms with van der Waals surface area (Å²) >= 11 is 3.29. The van der Waals surface area contributed by atoms with Crippen molar-refractivity contribution >= 4 is 15.9 Å². The van der Waals surface area contributed by atoms with Crippen LogP contribution in [0.3, 0.4) is 0 Å². The molecule has 6 heteroatoms. The minimum absolute atomic E-state index is 0.572. The molecule has 0 amide bonds. The van der Waals surface area contributed by atoms with Gasteiger partial charge < -0.3 is 23.7 Å². The molecule has 23 heavy (non-hydrogen) atoms. The highest BCUT2D eigenvalue weighted by atomic mass is 79.9. The van der Waals surface area contributed by atoms with Crippen molar-refractivity contribution in [1.29, 1.82) is 0 Å². The molecule has 0 heterocycles. The second-order valence-electron chi connectivity index (χ2n) is 4.68. The van der Waals surface area contributed by atoms with Crippen LogP contribution in [-0.2, 0) is 30.3 Å². The highest BCUT2D eigenvalue weighted by Crippen LogP contribution is 1.99. The smallest absolute Gasteiger partial charge is 0.0718 e. The van der Waals surface area contributed by atoms with E-state index in [2.05, 4.69) is 15.9 Å². The highest BCUT2D eigenvalue weighted by Gasteiger charge is 1.94. The van der Waals surface area contributed by atoms with Gasteiger partial charge in [-0.2, -0.15) is 0 Å². The van der Waals surface area contributed by atoms with Crippen LogP contribution in [0, 0.1) is 0 Å². The van der Waals surface area contributed by atoms with Crippen LogP contribution < -0.4 is 0 Å². The highest BCUT2D eigenvalue weighted by molar-refractivity contribution is 9.09. The first-order valence-corrected chi connectivity index (χ1v) is 9.04. The van der Waals surface area contributed by atoms with E-state index in [0.29, 0.717) is 66.1 Å². The van der Waals surface area contributed by atoms with E-state index < -0.39 is 0 Å². The summed E-state index contributed by atoms with van der Waals surface area (Å²) in [6.45, 7) is 6.03. The van der Waals surface area contributed by atoms with Gasteiger partial charge in [0, 0.05) is 5.33 Å². The molecular weight excluding hydrogens is 364 g/mol. The van der Waals surface area contributed by atoms with Crippen molar-refractivity contribution in [1.82, 2.24) is 0 Å². The fourth-order valence-corrected chi connectivity index (χ4v) is 1.93. The van der Waals surface area contributed by atoms with E-state index >= 15 is 0 Å². The van der Waals surface area contributed by atoms with E-state index in [0.717, 1.165) is 5.33 Å². The van der Waals surface area contributed by atoms with Crippen LogP contribution in [0.4, 0.5) is 0 Å². The first-order chi connectivity index (χ1) is 11.4. The first-order valence-electron chi connectivity index (χ1n) is 7.92. The van der Waals surface area contributed by atoms with Gasteiger partial charge in [-0.25, -0.2) is 0 Å². The van der Waals surface area contributed by atoms with Gasteiger partial charge in [0.1, 0.15) is 0 Å². The molecule has 0 unspecified atom stereocenters. The number of benzene rings is 1. The van der Waals surface area contributed by atoms with Gasteiger partial charge in [-0.05, 0) is 5.56 Å². The number of hydrogen-bond donors (Lipinski definition) is 0. The van der Waals surface area contributed by atoms with Crippen molar-refractivity contribution in [2.75, 3.05) is 64.8 Å². The molecule has 1 aromatic rings. The van der Waals surface area contributed by atoms with Crippen LogP contribution in [-0.4, -0.2) is 64.8 Å². The average molecular weight is 391 g/mol. The summed E-state index contributed by atoms with van der Waals surface area (Å²) in [5.74, 6) is 0. The summed E-state index contributed by atoms with van der Waals surface area (Å²) in [6, 6.07) is 10.1. The predicted octanol–water partition coefficient (Wildman–Crippen LogP) is 2.66. The molecule has 0 radical (unpaired) electrons. The molecule has 5 nitrogen and oxygen atoms in total. The summed E-state index contributed by atoms with van der Waals surface area (Å²) in [7, 11) is 0. The quantitative estimate of drug-likeness (QED) is 0.320. The van der Waals surface area contributed by atoms with Gasteiger partial charge in [-0.1, -0.05) is 46.3 Å². The molecule has 0 bridgehead atoms. The lowest BCUT2D eigenvalue weighted by atomic mass is 10.2. The largest absolute Gasteiger partial charge is 0.378 e. The van der Waals surface area contributed by atoms with E-state index in [1.807, 2.05) is 30.3 Å². The molecule has 0 fully saturated rings. The molecule has 0 saturated carbocycles. The number of ether oxygens (including phenoxy) is 5. The number of rotatable bonds is 16. The molecule has 0 aliphatic rings. The van der Waals surface area contributed by atoms with Gasteiger partial charge in [-0.3, -0.25) is 0 Å². The molecule has 132 valence electrons. The van der Waals surface area contributed by atoms with Crippen molar-refractivity contribution in [2.45, 2.75) is 6.61 Å². The monoisotopic (exact) mass is 390 g/mol. The van der Waals surface area contributed by atoms with Gasteiger partial charge in [0.2, 0.25) is 0 Å². The standard InChI is InChI=1S/C17H27BrO5/c18-6-7-19-8-9-20-10-11-21-12-13-22-14-15-23-16-17-4-2-1-3-5-17/h1-5H,6-16H2. The molecule has 1 aromatic carbocycles. The third kappa shape index (κ3) is 13.6. The van der Waals surface area contributed by atoms with Crippen molar-refractivity contribution in [2.24, 2.45) is 0 Å². The lowest BCUT2D eigenvalue weighted by molar-refractivity contribution is -0.0115. The minimum Gasteiger partial charge on any atom is -0.378 e. The van der Waals surface area contributed by atoms with Crippen LogP contribution in [0.1, 0.15) is 5.56 Å². The van der Waals surface area contributed by atoms with Gasteiger partial charge >= 0.3 is 0 Å². The Morgan fingerprint density at radius 3 is 1.48 bits per heavy atom. The molecule has 0 aromatic heterocycles. The Labute approximate surface area is 147 Å². The molecule has 0 atom stereocenters. The third-order valence-corrected chi connectivity index (χ3v) is 3.14. The Hall–Kier alpha value is -0.500. The van der Waals surface area contributed by atoms with E-state index in [1.165, 1.54) is 5.56 Å². The summed E-state index contributed by atoms with van der Waals surface area (Å²) in [6.07, 6.45) is 0. The van der Waals surface area contributed by atoms with E-state index in [-0.39, 0.29) is 0 Å². The lowest BCUT2D eigenvalue weighted by Crippen LogP contribution is -2.13. The molecule has 0 spiro atoms. The maximum absolute atomic E-state index is 5.52. The van der Waals surface area contributed by atoms with Crippen LogP contribution in [0.2, 0.25) is 0 Å². The van der Waals surface area contributed by atoms with Crippen molar-refractivity contribution in [3.8, 4) is 0 Å². The number of halogens is 1. The Morgan fingerprint density at radius 1 is 0.565 bits per heavy atom. The maximum atomic E-state index is 5.52. The van der Waals surface area contributed by atoms with E-state index in [1.54, 1.807) is 0 Å². The SMILES string of the molecule is BrCCOCCOCCOCCOCCOCc1ccccc1. The summed E-state index contributed by atoms with van der Waals surface area (Å²) in [4.78, 5) is 0. The van der Waals surface area contributed by atoms with Crippen LogP contribution in [0.5, 0.6) is 0 Å². The zero-order valence-electron chi connectivity index (χ0n) is 13.6. The van der Waals surface area contributed by atoms with E-state index in [4.69, 9.17) is 23.7 Å². The van der Waals surface area contributed by atoms with Crippen LogP contribution >= 0.6 is 15.9 Å². The van der Waals surface area contributed by atoms with Gasteiger partial charge in [0.25, 0.3) is 0 Å². The van der Waals surface area contributed by atoms with Crippen LogP contribution in [0.15, 0.2) is 30.3 Å². The number of alkyl halides is 1. The summed E-state index contributed by atoms with van der Waals surface area (Å²) in [5.41, 5.74) is 1.17. The Kier molecular flexibility index (Phi) is 14.6. The zero-order valence-corrected chi connectivity index (χ0v) is 15.2. The minimum atomic E-state index is 0.572. The van der Waals surface area contributed by atoms with Crippen molar-refractivity contribution < 1.29 is 23.7 Å². The third-order valence-electron chi connectivity index (χ3n) is 2.82. The Bertz CT molecular complexity index is 350. The zero-order chi connectivity index (χ0) is 16.4. The molecule has 0 N–H and O–H groups in total. The Morgan fingerprint density at radius 2 is 1.00 bits per heavy atom. The van der Waals surface area contributed by atoms with Crippen molar-refractivity contribution in [3.05, 3.63) is 35.9 Å². The van der Waals surface area contributed by atoms with Gasteiger partial charge in [0.05, 0.1) is 66.1 Å². The predicted molar refractivity (Wildman–Crippen MR) is 93.2 cm³/mol. The maximum Gasteiger partial charge on any atom is 0.0718 e. The Balaban J connectivity index is 1.72. The normalized spacial score (nSPS) is 11.0. The fourth-order valence-electron chi connectivity index (χ4n) is 1.70. The fraction of sp³-hybridized carbons (Fsp3) is 0.647. The van der Waals surface area contributed by atoms with E-state index in [9.17, 15) is 0 Å². The molecule has 0 aliphatic carbocycles. The van der Waals surface area contributed by atoms with Gasteiger partial charge in [-0.15, -0.1) is 0 Å². The topological polar surface area (TPSA) is 46.2 Å². The molecule has 1 rings (SSSR count). The molecule has 0 saturated heterocycles.